The lowest BCUT2D eigenvalue weighted by atomic mass is 10.0. The summed E-state index contributed by atoms with van der Waals surface area (Å²) in [6.07, 6.45) is 0.909. The van der Waals surface area contributed by atoms with E-state index in [0.717, 1.165) is 23.5 Å². The molecule has 4 heteroatoms. The van der Waals surface area contributed by atoms with Gasteiger partial charge >= 0.3 is 0 Å². The maximum atomic E-state index is 5.69. The molecule has 0 amide bonds. The van der Waals surface area contributed by atoms with Crippen LogP contribution in [-0.4, -0.2) is 17.1 Å². The van der Waals surface area contributed by atoms with Crippen LogP contribution in [0.4, 0.5) is 0 Å². The molecule has 0 aliphatic heterocycles. The van der Waals surface area contributed by atoms with E-state index in [-0.39, 0.29) is 0 Å². The highest BCUT2D eigenvalue weighted by Gasteiger charge is 2.13. The van der Waals surface area contributed by atoms with E-state index >= 15 is 0 Å². The van der Waals surface area contributed by atoms with E-state index in [2.05, 4.69) is 23.8 Å². The lowest BCUT2D eigenvalue weighted by molar-refractivity contribution is 0.388. The zero-order chi connectivity index (χ0) is 11.4. The second-order valence-corrected chi connectivity index (χ2v) is 4.01. The second-order valence-electron chi connectivity index (χ2n) is 4.01. The molecule has 0 atom stereocenters. The monoisotopic (exact) mass is 209 g/mol. The molecule has 0 saturated carbocycles. The SMILES string of the molecule is COc1nc(C)nc(CC(C)C)c1CN. The fourth-order valence-electron chi connectivity index (χ4n) is 1.56. The van der Waals surface area contributed by atoms with Crippen molar-refractivity contribution in [3.8, 4) is 5.88 Å². The van der Waals surface area contributed by atoms with E-state index in [9.17, 15) is 0 Å². The Balaban J connectivity index is 3.16. The minimum absolute atomic E-state index is 0.422. The molecule has 1 rings (SSSR count). The van der Waals surface area contributed by atoms with Gasteiger partial charge in [-0.15, -0.1) is 0 Å². The number of nitrogens with two attached hydrogens (primary N) is 1. The first-order valence-corrected chi connectivity index (χ1v) is 5.19. The van der Waals surface area contributed by atoms with Gasteiger partial charge in [-0.05, 0) is 19.3 Å². The number of rotatable bonds is 4. The molecule has 0 bridgehead atoms. The van der Waals surface area contributed by atoms with Gasteiger partial charge in [-0.25, -0.2) is 4.98 Å². The largest absolute Gasteiger partial charge is 0.481 e. The van der Waals surface area contributed by atoms with Crippen LogP contribution in [0, 0.1) is 12.8 Å². The molecule has 0 fully saturated rings. The molecule has 0 aromatic carbocycles. The van der Waals surface area contributed by atoms with Gasteiger partial charge in [-0.3, -0.25) is 0 Å². The number of aromatic nitrogens is 2. The van der Waals surface area contributed by atoms with E-state index in [1.54, 1.807) is 7.11 Å². The number of hydrogen-bond acceptors (Lipinski definition) is 4. The highest BCUT2D eigenvalue weighted by Crippen LogP contribution is 2.20. The molecule has 0 spiro atoms. The van der Waals surface area contributed by atoms with Crippen LogP contribution in [0.15, 0.2) is 0 Å². The van der Waals surface area contributed by atoms with E-state index < -0.39 is 0 Å². The Kier molecular flexibility index (Phi) is 4.03. The number of nitrogens with zero attached hydrogens (tertiary/aromatic N) is 2. The van der Waals surface area contributed by atoms with Gasteiger partial charge in [0.05, 0.1) is 12.8 Å². The van der Waals surface area contributed by atoms with Crippen LogP contribution in [0.3, 0.4) is 0 Å². The fraction of sp³-hybridized carbons (Fsp3) is 0.636. The predicted octanol–water partition coefficient (Wildman–Crippen LogP) is 1.45. The van der Waals surface area contributed by atoms with Crippen LogP contribution in [0.25, 0.3) is 0 Å². The summed E-state index contributed by atoms with van der Waals surface area (Å²) in [6.45, 7) is 6.60. The first kappa shape index (κ1) is 11.9. The molecule has 1 aromatic heterocycles. The Bertz CT molecular complexity index is 337. The summed E-state index contributed by atoms with van der Waals surface area (Å²) in [5.41, 5.74) is 7.63. The van der Waals surface area contributed by atoms with Gasteiger partial charge in [0.2, 0.25) is 5.88 Å². The number of ether oxygens (including phenoxy) is 1. The number of aryl methyl sites for hydroxylation is 1. The summed E-state index contributed by atoms with van der Waals surface area (Å²) in [5, 5.41) is 0. The third-order valence-corrected chi connectivity index (χ3v) is 2.17. The molecule has 0 saturated heterocycles. The van der Waals surface area contributed by atoms with Crippen LogP contribution in [0.1, 0.15) is 30.9 Å². The van der Waals surface area contributed by atoms with Crippen LogP contribution in [0.5, 0.6) is 5.88 Å². The maximum absolute atomic E-state index is 5.69. The molecule has 0 unspecified atom stereocenters. The quantitative estimate of drug-likeness (QED) is 0.815. The molecule has 1 aromatic rings. The van der Waals surface area contributed by atoms with E-state index in [1.165, 1.54) is 0 Å². The lowest BCUT2D eigenvalue weighted by Crippen LogP contribution is -2.11. The number of methoxy groups -OCH3 is 1. The van der Waals surface area contributed by atoms with Crippen LogP contribution < -0.4 is 10.5 Å². The van der Waals surface area contributed by atoms with Crippen molar-refractivity contribution in [3.63, 3.8) is 0 Å². The summed E-state index contributed by atoms with van der Waals surface area (Å²) in [5.74, 6) is 1.90. The smallest absolute Gasteiger partial charge is 0.221 e. The van der Waals surface area contributed by atoms with Gasteiger partial charge in [0.25, 0.3) is 0 Å². The van der Waals surface area contributed by atoms with Crippen molar-refractivity contribution in [1.29, 1.82) is 0 Å². The van der Waals surface area contributed by atoms with Crippen molar-refractivity contribution in [3.05, 3.63) is 17.1 Å². The summed E-state index contributed by atoms with van der Waals surface area (Å²) in [7, 11) is 1.61. The molecule has 0 radical (unpaired) electrons. The molecule has 1 heterocycles. The van der Waals surface area contributed by atoms with E-state index in [4.69, 9.17) is 10.5 Å². The topological polar surface area (TPSA) is 61.0 Å². The van der Waals surface area contributed by atoms with E-state index in [0.29, 0.717) is 18.3 Å². The van der Waals surface area contributed by atoms with Crippen LogP contribution in [-0.2, 0) is 13.0 Å². The van der Waals surface area contributed by atoms with Crippen molar-refractivity contribution >= 4 is 0 Å². The summed E-state index contributed by atoms with van der Waals surface area (Å²) in [4.78, 5) is 8.64. The van der Waals surface area contributed by atoms with Gasteiger partial charge in [0, 0.05) is 12.1 Å². The molecule has 84 valence electrons. The predicted molar refractivity (Wildman–Crippen MR) is 59.8 cm³/mol. The molecular formula is C11H19N3O. The molecule has 0 aliphatic rings. The Hall–Kier alpha value is -1.16. The summed E-state index contributed by atoms with van der Waals surface area (Å²) < 4.78 is 5.21. The fourth-order valence-corrected chi connectivity index (χ4v) is 1.56. The minimum Gasteiger partial charge on any atom is -0.481 e. The maximum Gasteiger partial charge on any atom is 0.221 e. The molecule has 2 N–H and O–H groups in total. The lowest BCUT2D eigenvalue weighted by Gasteiger charge is -2.13. The molecular weight excluding hydrogens is 190 g/mol. The van der Waals surface area contributed by atoms with Crippen molar-refractivity contribution in [2.24, 2.45) is 11.7 Å². The molecule has 15 heavy (non-hydrogen) atoms. The van der Waals surface area contributed by atoms with Crippen molar-refractivity contribution < 1.29 is 4.74 Å². The van der Waals surface area contributed by atoms with Crippen molar-refractivity contribution in [1.82, 2.24) is 9.97 Å². The average Bonchev–Trinajstić information content (AvgIpc) is 2.15. The second kappa shape index (κ2) is 5.07. The molecule has 0 aliphatic carbocycles. The standard InChI is InChI=1S/C11H19N3O/c1-7(2)5-10-9(6-12)11(15-4)14-8(3)13-10/h7H,5-6,12H2,1-4H3. The first-order valence-electron chi connectivity index (χ1n) is 5.19. The summed E-state index contributed by atoms with van der Waals surface area (Å²) in [6, 6.07) is 0. The normalized spacial score (nSPS) is 10.8. The summed E-state index contributed by atoms with van der Waals surface area (Å²) >= 11 is 0. The minimum atomic E-state index is 0.422. The van der Waals surface area contributed by atoms with Gasteiger partial charge in [0.15, 0.2) is 0 Å². The van der Waals surface area contributed by atoms with Gasteiger partial charge in [-0.2, -0.15) is 4.98 Å². The average molecular weight is 209 g/mol. The van der Waals surface area contributed by atoms with E-state index in [1.807, 2.05) is 6.92 Å². The van der Waals surface area contributed by atoms with Gasteiger partial charge in [-0.1, -0.05) is 13.8 Å². The molecule has 4 nitrogen and oxygen atoms in total. The van der Waals surface area contributed by atoms with Crippen LogP contribution >= 0.6 is 0 Å². The Morgan fingerprint density at radius 2 is 2.00 bits per heavy atom. The third kappa shape index (κ3) is 2.89. The zero-order valence-electron chi connectivity index (χ0n) is 9.87. The Morgan fingerprint density at radius 1 is 1.33 bits per heavy atom. The van der Waals surface area contributed by atoms with Crippen molar-refractivity contribution in [2.45, 2.75) is 33.7 Å². The number of hydrogen-bond donors (Lipinski definition) is 1. The Morgan fingerprint density at radius 3 is 2.47 bits per heavy atom. The van der Waals surface area contributed by atoms with Crippen LogP contribution in [0.2, 0.25) is 0 Å². The van der Waals surface area contributed by atoms with Crippen molar-refractivity contribution in [2.75, 3.05) is 7.11 Å². The van der Waals surface area contributed by atoms with Gasteiger partial charge in [0.1, 0.15) is 5.82 Å². The Labute approximate surface area is 90.9 Å². The van der Waals surface area contributed by atoms with Gasteiger partial charge < -0.3 is 10.5 Å². The first-order chi connectivity index (χ1) is 7.08. The third-order valence-electron chi connectivity index (χ3n) is 2.17. The highest BCUT2D eigenvalue weighted by molar-refractivity contribution is 5.31. The zero-order valence-corrected chi connectivity index (χ0v) is 9.87. The highest BCUT2D eigenvalue weighted by atomic mass is 16.5.